The van der Waals surface area contributed by atoms with Crippen LogP contribution in [0.5, 0.6) is 5.75 Å². The third-order valence-electron chi connectivity index (χ3n) is 13.5. The quantitative estimate of drug-likeness (QED) is 0.136. The van der Waals surface area contributed by atoms with E-state index in [4.69, 9.17) is 14.5 Å². The van der Waals surface area contributed by atoms with Gasteiger partial charge in [-0.25, -0.2) is 5.43 Å². The second-order valence-corrected chi connectivity index (χ2v) is 19.1. The zero-order chi connectivity index (χ0) is 46.0. The summed E-state index contributed by atoms with van der Waals surface area (Å²) in [5.74, 6) is -1.43. The molecule has 3 amide bonds. The number of carbonyl (C=O) groups excluding carboxylic acids is 4. The number of hydrogen-bond donors (Lipinski definition) is 3. The SMILES string of the molecule is CCn1c(-c2cccnc2[C@H](C)OC)c2c3cc(ccc31)-c1cc(O)cc(c1)C[C@H](NC(=O)[C@H](C(C)C)N(C)C(=O)C1CC(=COC)C1)C(=O)N1CCC[C@H](N1)C(=O)CCC(C)(C)C2. The number of hydrogen-bond acceptors (Lipinski definition) is 9. The highest BCUT2D eigenvalue weighted by Gasteiger charge is 2.40. The van der Waals surface area contributed by atoms with Gasteiger partial charge in [0.25, 0.3) is 5.91 Å². The molecule has 7 rings (SSSR count). The van der Waals surface area contributed by atoms with Crippen LogP contribution in [-0.4, -0.2) is 94.0 Å². The number of hydrazine groups is 1. The number of aromatic nitrogens is 2. The van der Waals surface area contributed by atoms with Gasteiger partial charge >= 0.3 is 0 Å². The molecule has 342 valence electrons. The first-order valence-electron chi connectivity index (χ1n) is 22.9. The number of phenols is 1. The van der Waals surface area contributed by atoms with Gasteiger partial charge in [0, 0.05) is 68.7 Å². The van der Waals surface area contributed by atoms with Crippen LogP contribution < -0.4 is 10.7 Å². The number of phenolic OH excluding ortho intramolecular Hbond substituents is 1. The topological polar surface area (TPSA) is 155 Å². The van der Waals surface area contributed by atoms with E-state index in [0.29, 0.717) is 63.6 Å². The van der Waals surface area contributed by atoms with Crippen molar-refractivity contribution < 1.29 is 33.8 Å². The minimum atomic E-state index is -1.08. The lowest BCUT2D eigenvalue weighted by molar-refractivity contribution is -0.147. The molecule has 2 aromatic heterocycles. The number of ketones is 1. The molecule has 0 radical (unpaired) electrons. The van der Waals surface area contributed by atoms with Gasteiger partial charge in [0.05, 0.1) is 36.9 Å². The van der Waals surface area contributed by atoms with Gasteiger partial charge in [-0.1, -0.05) is 39.8 Å². The standard InChI is InChI=1S/C51H66N6O7/c1-10-56-43-16-15-34-27-39(43)40(47(56)38-13-11-19-52-45(38)31(4)64-9)28-51(5,6)18-17-44(59)41-14-12-20-57(54-41)50(62)42(25-32-21-35(34)26-37(58)24-32)53-48(60)46(30(2)3)55(7)49(61)36-22-33(23-36)29-63-8/h11,13,15-16,19,21,24,26-27,29-31,36,41-42,46,54,58H,10,12,14,17-18,20,22-23,25,28H2,1-9H3,(H,53,60)/t31-,36?,41-,42-,46-/m0/s1. The van der Waals surface area contributed by atoms with Gasteiger partial charge in [-0.2, -0.15) is 0 Å². The number of aryl methyl sites for hydroxylation is 1. The number of likely N-dealkylation sites (N-methyl/N-ethyl adjacent to an activating group) is 1. The van der Waals surface area contributed by atoms with Crippen LogP contribution in [0.4, 0.5) is 0 Å². The van der Waals surface area contributed by atoms with Crippen LogP contribution in [0.15, 0.2) is 66.6 Å². The van der Waals surface area contributed by atoms with E-state index in [2.05, 4.69) is 60.3 Å². The van der Waals surface area contributed by atoms with Crippen LogP contribution >= 0.6 is 0 Å². The number of aromatic hydroxyl groups is 1. The lowest BCUT2D eigenvalue weighted by atomic mass is 9.79. The van der Waals surface area contributed by atoms with Gasteiger partial charge in [0.15, 0.2) is 5.78 Å². The summed E-state index contributed by atoms with van der Waals surface area (Å²) in [6.07, 6.45) is 7.22. The number of Topliss-reactive ketones (excluding diaryl/α,β-unsaturated/α-hetero) is 1. The fraction of sp³-hybridized carbons (Fsp3) is 0.510. The van der Waals surface area contributed by atoms with E-state index in [9.17, 15) is 24.3 Å². The third kappa shape index (κ3) is 9.61. The molecule has 2 fully saturated rings. The van der Waals surface area contributed by atoms with Gasteiger partial charge in [0.1, 0.15) is 17.8 Å². The number of benzene rings is 2. The highest BCUT2D eigenvalue weighted by molar-refractivity contribution is 5.96. The molecule has 0 spiro atoms. The summed E-state index contributed by atoms with van der Waals surface area (Å²) in [4.78, 5) is 63.3. The summed E-state index contributed by atoms with van der Waals surface area (Å²) in [6.45, 7) is 13.4. The summed E-state index contributed by atoms with van der Waals surface area (Å²) < 4.78 is 13.3. The molecule has 2 aromatic carbocycles. The lowest BCUT2D eigenvalue weighted by Gasteiger charge is -2.38. The zero-order valence-corrected chi connectivity index (χ0v) is 39.0. The first kappa shape index (κ1) is 46.5. The lowest BCUT2D eigenvalue weighted by Crippen LogP contribution is -2.62. The highest BCUT2D eigenvalue weighted by atomic mass is 16.5. The second-order valence-electron chi connectivity index (χ2n) is 19.1. The van der Waals surface area contributed by atoms with Crippen molar-refractivity contribution in [2.24, 2.45) is 17.3 Å². The molecule has 3 N–H and O–H groups in total. The summed E-state index contributed by atoms with van der Waals surface area (Å²) >= 11 is 0. The summed E-state index contributed by atoms with van der Waals surface area (Å²) in [6, 6.07) is 13.3. The Morgan fingerprint density at radius 1 is 1.06 bits per heavy atom. The molecule has 4 aromatic rings. The van der Waals surface area contributed by atoms with Crippen LogP contribution in [0.2, 0.25) is 0 Å². The second kappa shape index (κ2) is 19.3. The van der Waals surface area contributed by atoms with Crippen LogP contribution in [0.25, 0.3) is 33.3 Å². The number of nitrogens with zero attached hydrogens (tertiary/aromatic N) is 4. The van der Waals surface area contributed by atoms with E-state index in [0.717, 1.165) is 50.1 Å². The number of pyridine rings is 1. The number of amides is 3. The molecule has 0 unspecified atom stereocenters. The zero-order valence-electron chi connectivity index (χ0n) is 39.0. The molecule has 2 aliphatic heterocycles. The first-order valence-corrected chi connectivity index (χ1v) is 22.9. The third-order valence-corrected chi connectivity index (χ3v) is 13.5. The molecule has 4 heterocycles. The Labute approximate surface area is 377 Å². The van der Waals surface area contributed by atoms with E-state index < -0.39 is 24.0 Å². The molecule has 4 atom stereocenters. The van der Waals surface area contributed by atoms with E-state index in [-0.39, 0.29) is 53.1 Å². The summed E-state index contributed by atoms with van der Waals surface area (Å²) in [5.41, 5.74) is 11.4. The number of allylic oxidation sites excluding steroid dienone is 1. The highest BCUT2D eigenvalue weighted by Crippen LogP contribution is 2.43. The predicted octanol–water partition coefficient (Wildman–Crippen LogP) is 7.68. The Morgan fingerprint density at radius 2 is 1.83 bits per heavy atom. The number of nitrogens with one attached hydrogen (secondary N) is 2. The molecule has 1 saturated heterocycles. The monoisotopic (exact) mass is 874 g/mol. The molecule has 64 heavy (non-hydrogen) atoms. The van der Waals surface area contributed by atoms with Crippen molar-refractivity contribution in [3.63, 3.8) is 0 Å². The maximum Gasteiger partial charge on any atom is 0.259 e. The summed E-state index contributed by atoms with van der Waals surface area (Å²) in [5, 5.41) is 16.9. The first-order chi connectivity index (χ1) is 30.5. The number of methoxy groups -OCH3 is 2. The van der Waals surface area contributed by atoms with Crippen LogP contribution in [0.1, 0.15) is 103 Å². The average molecular weight is 875 g/mol. The molecular weight excluding hydrogens is 809 g/mol. The maximum atomic E-state index is 14.7. The van der Waals surface area contributed by atoms with E-state index in [1.807, 2.05) is 32.9 Å². The Kier molecular flexibility index (Phi) is 14.0. The molecule has 6 bridgehead atoms. The fourth-order valence-corrected chi connectivity index (χ4v) is 10.1. The van der Waals surface area contributed by atoms with Crippen molar-refractivity contribution >= 4 is 34.4 Å². The Morgan fingerprint density at radius 3 is 2.53 bits per heavy atom. The van der Waals surface area contributed by atoms with Crippen LogP contribution in [0.3, 0.4) is 0 Å². The molecule has 1 saturated carbocycles. The smallest absolute Gasteiger partial charge is 0.259 e. The normalized spacial score (nSPS) is 21.2. The van der Waals surface area contributed by atoms with Crippen molar-refractivity contribution in [3.8, 4) is 28.1 Å². The molecule has 3 aliphatic rings. The Bertz CT molecular complexity index is 2430. The van der Waals surface area contributed by atoms with E-state index in [1.165, 1.54) is 9.91 Å². The van der Waals surface area contributed by atoms with Crippen LogP contribution in [0, 0.1) is 17.3 Å². The van der Waals surface area contributed by atoms with Gasteiger partial charge in [0.2, 0.25) is 11.8 Å². The number of ether oxygens (including phenoxy) is 2. The van der Waals surface area contributed by atoms with E-state index in [1.54, 1.807) is 45.9 Å². The van der Waals surface area contributed by atoms with Crippen molar-refractivity contribution in [3.05, 3.63) is 83.4 Å². The molecule has 1 aliphatic carbocycles. The van der Waals surface area contributed by atoms with Gasteiger partial charge < -0.3 is 29.4 Å². The molecule has 13 heteroatoms. The Hall–Kier alpha value is -5.53. The van der Waals surface area contributed by atoms with Crippen molar-refractivity contribution in [1.82, 2.24) is 30.2 Å². The fourth-order valence-electron chi connectivity index (χ4n) is 10.1. The number of fused-ring (bicyclic) bond motifs is 6. The largest absolute Gasteiger partial charge is 0.508 e. The van der Waals surface area contributed by atoms with Crippen molar-refractivity contribution in [2.45, 2.75) is 124 Å². The van der Waals surface area contributed by atoms with Crippen molar-refractivity contribution in [1.29, 1.82) is 0 Å². The van der Waals surface area contributed by atoms with E-state index >= 15 is 0 Å². The van der Waals surface area contributed by atoms with Crippen LogP contribution in [-0.2, 0) is 48.0 Å². The minimum Gasteiger partial charge on any atom is -0.508 e. The van der Waals surface area contributed by atoms with Gasteiger partial charge in [-0.05, 0) is 128 Å². The van der Waals surface area contributed by atoms with Crippen molar-refractivity contribution in [2.75, 3.05) is 27.8 Å². The maximum absolute atomic E-state index is 14.7. The number of rotatable bonds is 10. The average Bonchev–Trinajstić information content (AvgIpc) is 3.56. The number of carbonyl (C=O) groups is 4. The molecular formula is C51H66N6O7. The Balaban J connectivity index is 1.32. The predicted molar refractivity (Wildman–Crippen MR) is 248 cm³/mol. The summed E-state index contributed by atoms with van der Waals surface area (Å²) in [7, 11) is 4.92. The molecule has 13 nitrogen and oxygen atoms in total. The van der Waals surface area contributed by atoms with Gasteiger partial charge in [-0.3, -0.25) is 29.2 Å². The van der Waals surface area contributed by atoms with Gasteiger partial charge in [-0.15, -0.1) is 0 Å². The minimum absolute atomic E-state index is 0.0239.